The molecule has 0 radical (unpaired) electrons. The molecule has 1 aliphatic heterocycles. The Morgan fingerprint density at radius 3 is 2.80 bits per heavy atom. The van der Waals surface area contributed by atoms with E-state index in [-0.39, 0.29) is 0 Å². The summed E-state index contributed by atoms with van der Waals surface area (Å²) in [5.41, 5.74) is 1.30. The van der Waals surface area contributed by atoms with E-state index >= 15 is 0 Å². The lowest BCUT2D eigenvalue weighted by atomic mass is 10.1. The Morgan fingerprint density at radius 1 is 1.33 bits per heavy atom. The summed E-state index contributed by atoms with van der Waals surface area (Å²) in [6, 6.07) is 9.56. The maximum atomic E-state index is 3.62. The lowest BCUT2D eigenvalue weighted by molar-refractivity contribution is 0.425. The van der Waals surface area contributed by atoms with Crippen molar-refractivity contribution in [3.05, 3.63) is 28.7 Å². The normalized spacial score (nSPS) is 26.7. The second-order valence-corrected chi connectivity index (χ2v) is 5.12. The molecule has 82 valence electrons. The molecular weight excluding hydrogens is 252 g/mol. The van der Waals surface area contributed by atoms with Crippen LogP contribution in [0.3, 0.4) is 0 Å². The van der Waals surface area contributed by atoms with Crippen molar-refractivity contribution >= 4 is 21.6 Å². The van der Waals surface area contributed by atoms with Gasteiger partial charge in [0.05, 0.1) is 5.69 Å². The highest BCUT2D eigenvalue weighted by molar-refractivity contribution is 9.10. The van der Waals surface area contributed by atoms with Gasteiger partial charge in [-0.1, -0.05) is 12.1 Å². The Labute approximate surface area is 99.8 Å². The molecule has 3 heteroatoms. The van der Waals surface area contributed by atoms with Crippen molar-refractivity contribution < 1.29 is 0 Å². The van der Waals surface area contributed by atoms with Crippen LogP contribution in [0.5, 0.6) is 0 Å². The van der Waals surface area contributed by atoms with E-state index in [9.17, 15) is 0 Å². The van der Waals surface area contributed by atoms with Gasteiger partial charge in [-0.15, -0.1) is 0 Å². The summed E-state index contributed by atoms with van der Waals surface area (Å²) in [5.74, 6) is 0. The largest absolute Gasteiger partial charge is 0.365 e. The van der Waals surface area contributed by atoms with Crippen molar-refractivity contribution in [1.82, 2.24) is 5.32 Å². The summed E-state index contributed by atoms with van der Waals surface area (Å²) in [5, 5.41) is 3.49. The standard InChI is InChI=1S/C12H17BrN2/c1-9-8-15(10(2)7-14-9)12-6-4-3-5-11(12)13/h3-6,9-10,14H,7-8H2,1-2H3. The number of halogens is 1. The molecule has 2 unspecified atom stereocenters. The Morgan fingerprint density at radius 2 is 2.07 bits per heavy atom. The van der Waals surface area contributed by atoms with Crippen molar-refractivity contribution in [2.75, 3.05) is 18.0 Å². The molecule has 2 atom stereocenters. The van der Waals surface area contributed by atoms with E-state index in [4.69, 9.17) is 0 Å². The summed E-state index contributed by atoms with van der Waals surface area (Å²) in [7, 11) is 0. The first-order chi connectivity index (χ1) is 7.18. The van der Waals surface area contributed by atoms with Gasteiger partial charge in [0.2, 0.25) is 0 Å². The van der Waals surface area contributed by atoms with E-state index < -0.39 is 0 Å². The third-order valence-corrected chi connectivity index (χ3v) is 3.60. The quantitative estimate of drug-likeness (QED) is 0.843. The van der Waals surface area contributed by atoms with Crippen molar-refractivity contribution in [2.24, 2.45) is 0 Å². The number of benzene rings is 1. The van der Waals surface area contributed by atoms with E-state index in [1.807, 2.05) is 0 Å². The highest BCUT2D eigenvalue weighted by Gasteiger charge is 2.23. The molecule has 1 heterocycles. The zero-order valence-corrected chi connectivity index (χ0v) is 10.8. The fourth-order valence-electron chi connectivity index (χ4n) is 2.04. The van der Waals surface area contributed by atoms with Gasteiger partial charge in [0, 0.05) is 29.6 Å². The number of piperazine rings is 1. The third-order valence-electron chi connectivity index (χ3n) is 2.93. The molecule has 0 aromatic heterocycles. The minimum Gasteiger partial charge on any atom is -0.365 e. The summed E-state index contributed by atoms with van der Waals surface area (Å²) in [6.07, 6.45) is 0. The highest BCUT2D eigenvalue weighted by atomic mass is 79.9. The van der Waals surface area contributed by atoms with Crippen LogP contribution >= 0.6 is 15.9 Å². The van der Waals surface area contributed by atoms with Crippen LogP contribution in [-0.2, 0) is 0 Å². The van der Waals surface area contributed by atoms with Gasteiger partial charge >= 0.3 is 0 Å². The maximum Gasteiger partial charge on any atom is 0.0514 e. The van der Waals surface area contributed by atoms with Crippen LogP contribution in [0, 0.1) is 0 Å². The molecule has 0 aliphatic carbocycles. The molecule has 1 fully saturated rings. The van der Waals surface area contributed by atoms with Gasteiger partial charge in [-0.05, 0) is 41.9 Å². The molecule has 0 amide bonds. The summed E-state index contributed by atoms with van der Waals surface area (Å²) in [6.45, 7) is 6.63. The average Bonchev–Trinajstić information content (AvgIpc) is 2.23. The third kappa shape index (κ3) is 2.34. The predicted octanol–water partition coefficient (Wildman–Crippen LogP) is 2.64. The number of anilines is 1. The molecule has 0 spiro atoms. The topological polar surface area (TPSA) is 15.3 Å². The zero-order chi connectivity index (χ0) is 10.8. The number of nitrogens with zero attached hydrogens (tertiary/aromatic N) is 1. The molecule has 0 bridgehead atoms. The Kier molecular flexibility index (Phi) is 3.32. The van der Waals surface area contributed by atoms with Gasteiger partial charge in [0.15, 0.2) is 0 Å². The van der Waals surface area contributed by atoms with E-state index in [0.717, 1.165) is 13.1 Å². The monoisotopic (exact) mass is 268 g/mol. The SMILES string of the molecule is CC1CN(c2ccccc2Br)C(C)CN1. The van der Waals surface area contributed by atoms with Gasteiger partial charge in [-0.25, -0.2) is 0 Å². The van der Waals surface area contributed by atoms with Gasteiger partial charge < -0.3 is 10.2 Å². The number of para-hydroxylation sites is 1. The first-order valence-electron chi connectivity index (χ1n) is 5.43. The molecule has 1 saturated heterocycles. The van der Waals surface area contributed by atoms with Gasteiger partial charge in [-0.2, -0.15) is 0 Å². The van der Waals surface area contributed by atoms with Crippen molar-refractivity contribution in [1.29, 1.82) is 0 Å². The molecule has 1 aromatic carbocycles. The number of nitrogens with one attached hydrogen (secondary N) is 1. The summed E-state index contributed by atoms with van der Waals surface area (Å²) >= 11 is 3.62. The van der Waals surface area contributed by atoms with Crippen LogP contribution in [-0.4, -0.2) is 25.2 Å². The first-order valence-corrected chi connectivity index (χ1v) is 6.22. The molecule has 1 N–H and O–H groups in total. The second kappa shape index (κ2) is 4.54. The molecule has 1 aromatic rings. The molecule has 1 aliphatic rings. The van der Waals surface area contributed by atoms with Gasteiger partial charge in [0.1, 0.15) is 0 Å². The minimum absolute atomic E-state index is 0.555. The number of rotatable bonds is 1. The van der Waals surface area contributed by atoms with Crippen LogP contribution in [0.25, 0.3) is 0 Å². The molecule has 0 saturated carbocycles. The molecule has 2 nitrogen and oxygen atoms in total. The first kappa shape index (κ1) is 11.0. The predicted molar refractivity (Wildman–Crippen MR) is 68.4 cm³/mol. The Balaban J connectivity index is 2.25. The van der Waals surface area contributed by atoms with Crippen LogP contribution in [0.1, 0.15) is 13.8 Å². The van der Waals surface area contributed by atoms with Crippen LogP contribution in [0.4, 0.5) is 5.69 Å². The second-order valence-electron chi connectivity index (χ2n) is 4.26. The van der Waals surface area contributed by atoms with Crippen LogP contribution < -0.4 is 10.2 Å². The van der Waals surface area contributed by atoms with Crippen LogP contribution in [0.2, 0.25) is 0 Å². The fraction of sp³-hybridized carbons (Fsp3) is 0.500. The van der Waals surface area contributed by atoms with Crippen molar-refractivity contribution in [3.63, 3.8) is 0 Å². The number of hydrogen-bond donors (Lipinski definition) is 1. The van der Waals surface area contributed by atoms with Gasteiger partial charge in [-0.3, -0.25) is 0 Å². The molecular formula is C12H17BrN2. The Bertz CT molecular complexity index is 340. The summed E-state index contributed by atoms with van der Waals surface area (Å²) in [4.78, 5) is 2.46. The molecule has 15 heavy (non-hydrogen) atoms. The molecule has 2 rings (SSSR count). The van der Waals surface area contributed by atoms with Crippen molar-refractivity contribution in [2.45, 2.75) is 25.9 Å². The fourth-order valence-corrected chi connectivity index (χ4v) is 2.55. The smallest absolute Gasteiger partial charge is 0.0514 e. The van der Waals surface area contributed by atoms with E-state index in [2.05, 4.69) is 64.3 Å². The van der Waals surface area contributed by atoms with E-state index in [1.165, 1.54) is 10.2 Å². The zero-order valence-electron chi connectivity index (χ0n) is 9.20. The maximum absolute atomic E-state index is 3.62. The number of hydrogen-bond acceptors (Lipinski definition) is 2. The van der Waals surface area contributed by atoms with Crippen LogP contribution in [0.15, 0.2) is 28.7 Å². The lowest BCUT2D eigenvalue weighted by Gasteiger charge is -2.39. The van der Waals surface area contributed by atoms with E-state index in [0.29, 0.717) is 12.1 Å². The van der Waals surface area contributed by atoms with E-state index in [1.54, 1.807) is 0 Å². The lowest BCUT2D eigenvalue weighted by Crippen LogP contribution is -2.54. The van der Waals surface area contributed by atoms with Gasteiger partial charge in [0.25, 0.3) is 0 Å². The average molecular weight is 269 g/mol. The Hall–Kier alpha value is -0.540. The highest BCUT2D eigenvalue weighted by Crippen LogP contribution is 2.28. The summed E-state index contributed by atoms with van der Waals surface area (Å²) < 4.78 is 1.19. The van der Waals surface area contributed by atoms with Crippen molar-refractivity contribution in [3.8, 4) is 0 Å². The minimum atomic E-state index is 0.555.